The van der Waals surface area contributed by atoms with E-state index in [1.807, 2.05) is 18.8 Å². The molecule has 0 aliphatic carbocycles. The largest absolute Gasteiger partial charge is 0.370 e. The molecule has 0 bridgehead atoms. The number of nitrogens with zero attached hydrogens (tertiary/aromatic N) is 2. The number of hydrogen-bond acceptors (Lipinski definition) is 3. The minimum atomic E-state index is 0.876. The fraction of sp³-hybridized carbons (Fsp3) is 0.562. The molecule has 0 amide bonds. The van der Waals surface area contributed by atoms with Crippen LogP contribution in [0.5, 0.6) is 0 Å². The van der Waals surface area contributed by atoms with Gasteiger partial charge in [-0.15, -0.1) is 0 Å². The summed E-state index contributed by atoms with van der Waals surface area (Å²) in [6.07, 6.45) is 2.11. The summed E-state index contributed by atoms with van der Waals surface area (Å²) in [5, 5.41) is 6.68. The number of aryl methyl sites for hydroxylation is 1. The molecule has 0 saturated carbocycles. The second-order valence-corrected chi connectivity index (χ2v) is 5.77. The molecule has 0 saturated heterocycles. The van der Waals surface area contributed by atoms with Crippen molar-refractivity contribution in [3.05, 3.63) is 29.8 Å². The van der Waals surface area contributed by atoms with Crippen LogP contribution in [0.3, 0.4) is 0 Å². The van der Waals surface area contributed by atoms with Crippen LogP contribution in [0.4, 0.5) is 5.69 Å². The maximum atomic E-state index is 4.24. The van der Waals surface area contributed by atoms with E-state index in [-0.39, 0.29) is 0 Å². The Balaban J connectivity index is 2.43. The van der Waals surface area contributed by atoms with Crippen LogP contribution in [0.1, 0.15) is 12.5 Å². The second kappa shape index (κ2) is 10.4. The number of thioether (sulfide) groups is 1. The Kier molecular flexibility index (Phi) is 8.74. The van der Waals surface area contributed by atoms with Crippen LogP contribution in [0.2, 0.25) is 0 Å². The van der Waals surface area contributed by atoms with E-state index in [0.29, 0.717) is 0 Å². The number of guanidine groups is 1. The molecule has 1 aromatic rings. The summed E-state index contributed by atoms with van der Waals surface area (Å²) in [5.74, 6) is 1.97. The first-order valence-electron chi connectivity index (χ1n) is 7.47. The van der Waals surface area contributed by atoms with E-state index in [0.717, 1.165) is 37.9 Å². The summed E-state index contributed by atoms with van der Waals surface area (Å²) in [6.45, 7) is 8.14. The van der Waals surface area contributed by atoms with Gasteiger partial charge in [0.25, 0.3) is 0 Å². The first-order valence-corrected chi connectivity index (χ1v) is 8.86. The molecule has 21 heavy (non-hydrogen) atoms. The van der Waals surface area contributed by atoms with Crippen molar-refractivity contribution in [2.24, 2.45) is 4.99 Å². The topological polar surface area (TPSA) is 39.7 Å². The van der Waals surface area contributed by atoms with E-state index < -0.39 is 0 Å². The highest BCUT2D eigenvalue weighted by atomic mass is 32.2. The summed E-state index contributed by atoms with van der Waals surface area (Å²) in [6, 6.07) is 8.53. The molecule has 4 nitrogen and oxygen atoms in total. The molecular formula is C16H28N4S. The monoisotopic (exact) mass is 308 g/mol. The number of benzene rings is 1. The van der Waals surface area contributed by atoms with E-state index in [9.17, 15) is 0 Å². The fourth-order valence-corrected chi connectivity index (χ4v) is 2.47. The lowest BCUT2D eigenvalue weighted by Crippen LogP contribution is -2.42. The molecule has 2 N–H and O–H groups in total. The van der Waals surface area contributed by atoms with Gasteiger partial charge in [0.05, 0.1) is 0 Å². The van der Waals surface area contributed by atoms with Gasteiger partial charge < -0.3 is 15.5 Å². The molecular weight excluding hydrogens is 280 g/mol. The maximum Gasteiger partial charge on any atom is 0.191 e. The molecule has 0 atom stereocenters. The Labute approximate surface area is 133 Å². The molecule has 0 spiro atoms. The maximum absolute atomic E-state index is 4.24. The normalized spacial score (nSPS) is 11.3. The first-order chi connectivity index (χ1) is 10.2. The molecule has 0 aliphatic heterocycles. The van der Waals surface area contributed by atoms with Crippen molar-refractivity contribution in [1.29, 1.82) is 0 Å². The van der Waals surface area contributed by atoms with E-state index in [4.69, 9.17) is 0 Å². The highest BCUT2D eigenvalue weighted by Crippen LogP contribution is 2.18. The highest BCUT2D eigenvalue weighted by Gasteiger charge is 2.06. The van der Waals surface area contributed by atoms with Crippen LogP contribution in [0, 0.1) is 6.92 Å². The number of likely N-dealkylation sites (N-methyl/N-ethyl adjacent to an activating group) is 1. The second-order valence-electron chi connectivity index (χ2n) is 4.78. The molecule has 0 fully saturated rings. The van der Waals surface area contributed by atoms with Crippen LogP contribution in [-0.2, 0) is 0 Å². The Morgan fingerprint density at radius 3 is 2.57 bits per heavy atom. The third kappa shape index (κ3) is 6.29. The van der Waals surface area contributed by atoms with Crippen LogP contribution >= 0.6 is 11.8 Å². The van der Waals surface area contributed by atoms with Crippen LogP contribution in [0.25, 0.3) is 0 Å². The van der Waals surface area contributed by atoms with Crippen molar-refractivity contribution in [1.82, 2.24) is 10.6 Å². The van der Waals surface area contributed by atoms with Gasteiger partial charge in [-0.1, -0.05) is 18.2 Å². The molecule has 0 radical (unpaired) electrons. The molecule has 1 rings (SSSR count). The van der Waals surface area contributed by atoms with Crippen molar-refractivity contribution < 1.29 is 0 Å². The lowest BCUT2D eigenvalue weighted by molar-refractivity contribution is 0.755. The van der Waals surface area contributed by atoms with Crippen LogP contribution < -0.4 is 15.5 Å². The van der Waals surface area contributed by atoms with Gasteiger partial charge in [0.15, 0.2) is 5.96 Å². The Morgan fingerprint density at radius 1 is 1.24 bits per heavy atom. The third-order valence-corrected chi connectivity index (χ3v) is 3.95. The van der Waals surface area contributed by atoms with E-state index >= 15 is 0 Å². The predicted octanol–water partition coefficient (Wildman–Crippen LogP) is 2.35. The summed E-state index contributed by atoms with van der Waals surface area (Å²) in [5.41, 5.74) is 2.63. The van der Waals surface area contributed by atoms with Gasteiger partial charge in [-0.3, -0.25) is 4.99 Å². The van der Waals surface area contributed by atoms with Crippen molar-refractivity contribution >= 4 is 23.4 Å². The Morgan fingerprint density at radius 2 is 1.95 bits per heavy atom. The van der Waals surface area contributed by atoms with Crippen molar-refractivity contribution in [3.63, 3.8) is 0 Å². The zero-order chi connectivity index (χ0) is 15.5. The van der Waals surface area contributed by atoms with Gasteiger partial charge >= 0.3 is 0 Å². The van der Waals surface area contributed by atoms with Gasteiger partial charge in [0, 0.05) is 44.7 Å². The third-order valence-electron chi connectivity index (χ3n) is 3.33. The zero-order valence-electron chi connectivity index (χ0n) is 13.6. The van der Waals surface area contributed by atoms with E-state index in [1.165, 1.54) is 11.3 Å². The predicted molar refractivity (Wildman–Crippen MR) is 96.8 cm³/mol. The van der Waals surface area contributed by atoms with E-state index in [2.05, 4.69) is 64.9 Å². The SMILES string of the molecule is CCN(CCNC(=NC)NCCSC)c1ccccc1C. The number of hydrogen-bond donors (Lipinski definition) is 2. The highest BCUT2D eigenvalue weighted by molar-refractivity contribution is 7.98. The van der Waals surface area contributed by atoms with Crippen molar-refractivity contribution in [2.45, 2.75) is 13.8 Å². The summed E-state index contributed by atoms with van der Waals surface area (Å²) >= 11 is 1.83. The summed E-state index contributed by atoms with van der Waals surface area (Å²) < 4.78 is 0. The number of aliphatic imine (C=N–C) groups is 1. The minimum absolute atomic E-state index is 0.876. The van der Waals surface area contributed by atoms with Gasteiger partial charge in [-0.05, 0) is 31.7 Å². The molecule has 118 valence electrons. The molecule has 0 aromatic heterocycles. The Hall–Kier alpha value is -1.36. The zero-order valence-corrected chi connectivity index (χ0v) is 14.5. The molecule has 5 heteroatoms. The molecule has 0 aliphatic rings. The van der Waals surface area contributed by atoms with Gasteiger partial charge in [0.1, 0.15) is 0 Å². The molecule has 0 heterocycles. The fourth-order valence-electron chi connectivity index (χ4n) is 2.17. The number of para-hydroxylation sites is 1. The summed E-state index contributed by atoms with van der Waals surface area (Å²) in [4.78, 5) is 6.63. The lowest BCUT2D eigenvalue weighted by atomic mass is 10.2. The minimum Gasteiger partial charge on any atom is -0.370 e. The number of nitrogens with one attached hydrogen (secondary N) is 2. The van der Waals surface area contributed by atoms with Gasteiger partial charge in [-0.2, -0.15) is 11.8 Å². The van der Waals surface area contributed by atoms with Gasteiger partial charge in [0.2, 0.25) is 0 Å². The average molecular weight is 308 g/mol. The van der Waals surface area contributed by atoms with E-state index in [1.54, 1.807) is 0 Å². The first kappa shape index (κ1) is 17.7. The van der Waals surface area contributed by atoms with Gasteiger partial charge in [-0.25, -0.2) is 0 Å². The number of rotatable bonds is 8. The summed E-state index contributed by atoms with van der Waals surface area (Å²) in [7, 11) is 1.81. The smallest absolute Gasteiger partial charge is 0.191 e. The standard InChI is InChI=1S/C16H28N4S/c1-5-20(15-9-7-6-8-14(15)2)12-10-18-16(17-3)19-11-13-21-4/h6-9H,5,10-13H2,1-4H3,(H2,17,18,19). The van der Waals surface area contributed by atoms with Crippen LogP contribution in [-0.4, -0.2) is 51.2 Å². The molecule has 1 aromatic carbocycles. The Bertz CT molecular complexity index is 434. The van der Waals surface area contributed by atoms with Crippen molar-refractivity contribution in [2.75, 3.05) is 50.1 Å². The molecule has 0 unspecified atom stereocenters. The van der Waals surface area contributed by atoms with Crippen molar-refractivity contribution in [3.8, 4) is 0 Å². The number of anilines is 1. The average Bonchev–Trinajstić information content (AvgIpc) is 2.51. The quantitative estimate of drug-likeness (QED) is 0.439. The lowest BCUT2D eigenvalue weighted by Gasteiger charge is -2.25. The van der Waals surface area contributed by atoms with Crippen LogP contribution in [0.15, 0.2) is 29.3 Å².